The van der Waals surface area contributed by atoms with E-state index in [2.05, 4.69) is 40.7 Å². The molecule has 4 heteroatoms. The van der Waals surface area contributed by atoms with Crippen molar-refractivity contribution in [1.29, 1.82) is 0 Å². The van der Waals surface area contributed by atoms with Crippen LogP contribution in [-0.4, -0.2) is 17.1 Å². The zero-order valence-electron chi connectivity index (χ0n) is 17.0. The van der Waals surface area contributed by atoms with Crippen molar-refractivity contribution in [3.63, 3.8) is 0 Å². The Bertz CT molecular complexity index is 1140. The van der Waals surface area contributed by atoms with Gasteiger partial charge in [-0.15, -0.1) is 0 Å². The molecule has 0 aliphatic heterocycles. The second kappa shape index (κ2) is 7.71. The Hall–Kier alpha value is -3.53. The first-order valence-electron chi connectivity index (χ1n) is 10.4. The Morgan fingerprint density at radius 3 is 2.27 bits per heavy atom. The van der Waals surface area contributed by atoms with E-state index in [9.17, 15) is 4.79 Å². The summed E-state index contributed by atoms with van der Waals surface area (Å²) in [6.45, 7) is 2.12. The SMILES string of the molecule is Cc1ccc2[nH]c3c(c2c1)CC(NC(=O)NC(c1ccccc1)c1ccccc1)C3. The quantitative estimate of drug-likeness (QED) is 0.446. The molecule has 5 rings (SSSR count). The lowest BCUT2D eigenvalue weighted by molar-refractivity contribution is 0.235. The fourth-order valence-corrected chi connectivity index (χ4v) is 4.50. The summed E-state index contributed by atoms with van der Waals surface area (Å²) in [6, 6.07) is 26.5. The number of benzene rings is 3. The number of urea groups is 1. The summed E-state index contributed by atoms with van der Waals surface area (Å²) < 4.78 is 0. The van der Waals surface area contributed by atoms with Gasteiger partial charge in [0.15, 0.2) is 0 Å². The Balaban J connectivity index is 1.31. The lowest BCUT2D eigenvalue weighted by Crippen LogP contribution is -2.44. The summed E-state index contributed by atoms with van der Waals surface area (Å²) in [5.41, 5.74) is 7.15. The van der Waals surface area contributed by atoms with Crippen LogP contribution in [0.25, 0.3) is 10.9 Å². The molecular weight excluding hydrogens is 370 g/mol. The van der Waals surface area contributed by atoms with Crippen molar-refractivity contribution in [2.24, 2.45) is 0 Å². The molecule has 30 heavy (non-hydrogen) atoms. The van der Waals surface area contributed by atoms with Crippen LogP contribution in [0.4, 0.5) is 4.79 Å². The van der Waals surface area contributed by atoms with E-state index in [1.165, 1.54) is 27.7 Å². The second-order valence-electron chi connectivity index (χ2n) is 8.11. The molecular formula is C26H25N3O. The van der Waals surface area contributed by atoms with Gasteiger partial charge in [0.25, 0.3) is 0 Å². The maximum atomic E-state index is 12.9. The first kappa shape index (κ1) is 18.5. The van der Waals surface area contributed by atoms with Crippen LogP contribution in [0.2, 0.25) is 0 Å². The number of hydrogen-bond acceptors (Lipinski definition) is 1. The number of rotatable bonds is 4. The fourth-order valence-electron chi connectivity index (χ4n) is 4.50. The average molecular weight is 396 g/mol. The van der Waals surface area contributed by atoms with Gasteiger partial charge in [-0.1, -0.05) is 72.3 Å². The number of amides is 2. The van der Waals surface area contributed by atoms with E-state index >= 15 is 0 Å². The normalized spacial score (nSPS) is 15.3. The molecule has 4 aromatic rings. The van der Waals surface area contributed by atoms with Crippen LogP contribution in [-0.2, 0) is 12.8 Å². The largest absolute Gasteiger partial charge is 0.358 e. The van der Waals surface area contributed by atoms with Gasteiger partial charge in [0.2, 0.25) is 0 Å². The van der Waals surface area contributed by atoms with E-state index in [1.54, 1.807) is 0 Å². The van der Waals surface area contributed by atoms with Gasteiger partial charge in [0.1, 0.15) is 0 Å². The lowest BCUT2D eigenvalue weighted by atomic mass is 9.99. The van der Waals surface area contributed by atoms with Crippen LogP contribution >= 0.6 is 0 Å². The van der Waals surface area contributed by atoms with Gasteiger partial charge in [-0.3, -0.25) is 0 Å². The number of fused-ring (bicyclic) bond motifs is 3. The van der Waals surface area contributed by atoms with Gasteiger partial charge in [0.05, 0.1) is 6.04 Å². The molecule has 1 aliphatic rings. The molecule has 3 N–H and O–H groups in total. The van der Waals surface area contributed by atoms with E-state index in [0.717, 1.165) is 24.0 Å². The van der Waals surface area contributed by atoms with E-state index < -0.39 is 0 Å². The predicted molar refractivity (Wildman–Crippen MR) is 121 cm³/mol. The van der Waals surface area contributed by atoms with Gasteiger partial charge in [-0.05, 0) is 42.2 Å². The molecule has 2 amide bonds. The summed E-state index contributed by atoms with van der Waals surface area (Å²) in [6.07, 6.45) is 1.69. The van der Waals surface area contributed by atoms with E-state index in [0.29, 0.717) is 0 Å². The third-order valence-corrected chi connectivity index (χ3v) is 5.93. The molecule has 3 aromatic carbocycles. The molecule has 1 unspecified atom stereocenters. The second-order valence-corrected chi connectivity index (χ2v) is 8.11. The van der Waals surface area contributed by atoms with Crippen molar-refractivity contribution < 1.29 is 4.79 Å². The van der Waals surface area contributed by atoms with E-state index in [4.69, 9.17) is 0 Å². The topological polar surface area (TPSA) is 56.9 Å². The molecule has 150 valence electrons. The summed E-state index contributed by atoms with van der Waals surface area (Å²) in [4.78, 5) is 16.4. The zero-order chi connectivity index (χ0) is 20.5. The molecule has 0 saturated carbocycles. The molecule has 0 fully saturated rings. The molecule has 0 spiro atoms. The lowest BCUT2D eigenvalue weighted by Gasteiger charge is -2.22. The van der Waals surface area contributed by atoms with Crippen molar-refractivity contribution >= 4 is 16.9 Å². The maximum Gasteiger partial charge on any atom is 0.315 e. The monoisotopic (exact) mass is 395 g/mol. The van der Waals surface area contributed by atoms with Crippen molar-refractivity contribution in [3.8, 4) is 0 Å². The summed E-state index contributed by atoms with van der Waals surface area (Å²) in [7, 11) is 0. The zero-order valence-corrected chi connectivity index (χ0v) is 17.0. The summed E-state index contributed by atoms with van der Waals surface area (Å²) in [5, 5.41) is 7.65. The maximum absolute atomic E-state index is 12.9. The number of carbonyl (C=O) groups is 1. The number of nitrogens with one attached hydrogen (secondary N) is 3. The molecule has 0 radical (unpaired) electrons. The molecule has 1 aliphatic carbocycles. The number of carbonyl (C=O) groups excluding carboxylic acids is 1. The number of hydrogen-bond donors (Lipinski definition) is 3. The van der Waals surface area contributed by atoms with Crippen molar-refractivity contribution in [2.75, 3.05) is 0 Å². The van der Waals surface area contributed by atoms with Crippen molar-refractivity contribution in [1.82, 2.24) is 15.6 Å². The summed E-state index contributed by atoms with van der Waals surface area (Å²) in [5.74, 6) is 0. The molecule has 1 aromatic heterocycles. The molecule has 1 heterocycles. The first-order chi connectivity index (χ1) is 14.7. The minimum atomic E-state index is -0.185. The number of aromatic amines is 1. The van der Waals surface area contributed by atoms with Crippen LogP contribution in [0.3, 0.4) is 0 Å². The highest BCUT2D eigenvalue weighted by Gasteiger charge is 2.27. The Labute approximate surface area is 176 Å². The first-order valence-corrected chi connectivity index (χ1v) is 10.4. The third-order valence-electron chi connectivity index (χ3n) is 5.93. The van der Waals surface area contributed by atoms with E-state index in [1.807, 2.05) is 60.7 Å². The van der Waals surface area contributed by atoms with Gasteiger partial charge < -0.3 is 15.6 Å². The Morgan fingerprint density at radius 1 is 0.933 bits per heavy atom. The van der Waals surface area contributed by atoms with Crippen LogP contribution < -0.4 is 10.6 Å². The molecule has 1 atom stereocenters. The van der Waals surface area contributed by atoms with Crippen molar-refractivity contribution in [2.45, 2.75) is 31.8 Å². The number of aromatic nitrogens is 1. The number of H-pyrrole nitrogens is 1. The predicted octanol–water partition coefficient (Wildman–Crippen LogP) is 5.03. The minimum absolute atomic E-state index is 0.100. The van der Waals surface area contributed by atoms with Crippen LogP contribution in [0.5, 0.6) is 0 Å². The average Bonchev–Trinajstić information content (AvgIpc) is 3.30. The minimum Gasteiger partial charge on any atom is -0.358 e. The van der Waals surface area contributed by atoms with Crippen LogP contribution in [0.15, 0.2) is 78.9 Å². The summed E-state index contributed by atoms with van der Waals surface area (Å²) >= 11 is 0. The third kappa shape index (κ3) is 3.57. The molecule has 4 nitrogen and oxygen atoms in total. The van der Waals surface area contributed by atoms with Gasteiger partial charge in [0, 0.05) is 29.1 Å². The standard InChI is InChI=1S/C26H25N3O/c1-17-12-13-23-21(14-17)22-15-20(16-24(22)28-23)27-26(30)29-25(18-8-4-2-5-9-18)19-10-6-3-7-11-19/h2-14,20,25,28H,15-16H2,1H3,(H2,27,29,30). The molecule has 0 bridgehead atoms. The highest BCUT2D eigenvalue weighted by atomic mass is 16.2. The van der Waals surface area contributed by atoms with E-state index in [-0.39, 0.29) is 18.1 Å². The van der Waals surface area contributed by atoms with Crippen molar-refractivity contribution in [3.05, 3.63) is 107 Å². The highest BCUT2D eigenvalue weighted by molar-refractivity contribution is 5.86. The highest BCUT2D eigenvalue weighted by Crippen LogP contribution is 2.31. The molecule has 0 saturated heterocycles. The van der Waals surface area contributed by atoms with Gasteiger partial charge >= 0.3 is 6.03 Å². The van der Waals surface area contributed by atoms with Gasteiger partial charge in [-0.2, -0.15) is 0 Å². The fraction of sp³-hybridized carbons (Fsp3) is 0.192. The van der Waals surface area contributed by atoms with Gasteiger partial charge in [-0.25, -0.2) is 4.79 Å². The Kier molecular flexibility index (Phi) is 4.75. The Morgan fingerprint density at radius 2 is 1.60 bits per heavy atom. The van der Waals surface area contributed by atoms with Crippen LogP contribution in [0.1, 0.15) is 34.0 Å². The smallest absolute Gasteiger partial charge is 0.315 e. The number of aryl methyl sites for hydroxylation is 1. The van der Waals surface area contributed by atoms with Crippen LogP contribution in [0, 0.1) is 6.92 Å².